The highest BCUT2D eigenvalue weighted by molar-refractivity contribution is 5.88. The van der Waals surface area contributed by atoms with Crippen LogP contribution >= 0.6 is 0 Å². The summed E-state index contributed by atoms with van der Waals surface area (Å²) in [7, 11) is 0. The largest absolute Gasteiger partial charge is 0.480 e. The molecule has 0 unspecified atom stereocenters. The molecule has 2 amide bonds. The Balaban J connectivity index is 2.47. The first-order valence-electron chi connectivity index (χ1n) is 6.70. The molecule has 0 spiro atoms. The molecule has 1 aliphatic rings. The number of carboxylic acid groups (broad SMARTS) is 1. The van der Waals surface area contributed by atoms with Gasteiger partial charge in [0.05, 0.1) is 6.54 Å². The van der Waals surface area contributed by atoms with E-state index >= 15 is 0 Å². The summed E-state index contributed by atoms with van der Waals surface area (Å²) in [6.07, 6.45) is 2.62. The summed E-state index contributed by atoms with van der Waals surface area (Å²) in [5, 5.41) is 11.5. The molecule has 19 heavy (non-hydrogen) atoms. The fourth-order valence-electron chi connectivity index (χ4n) is 2.14. The minimum Gasteiger partial charge on any atom is -0.480 e. The van der Waals surface area contributed by atoms with Gasteiger partial charge in [-0.25, -0.2) is 4.79 Å². The topological polar surface area (TPSA) is 86.7 Å². The molecule has 0 aromatic heterocycles. The molecule has 1 fully saturated rings. The van der Waals surface area contributed by atoms with Crippen molar-refractivity contribution in [2.45, 2.75) is 45.6 Å². The number of hydrogen-bond acceptors (Lipinski definition) is 3. The molecule has 0 radical (unpaired) electrons. The monoisotopic (exact) mass is 270 g/mol. The molecular weight excluding hydrogens is 248 g/mol. The Hall–Kier alpha value is -1.59. The average Bonchev–Trinajstić information content (AvgIpc) is 2.30. The Morgan fingerprint density at radius 3 is 2.58 bits per heavy atom. The summed E-state index contributed by atoms with van der Waals surface area (Å²) >= 11 is 0. The molecular formula is C13H22N2O4. The van der Waals surface area contributed by atoms with E-state index in [2.05, 4.69) is 5.32 Å². The smallest absolute Gasteiger partial charge is 0.326 e. The Labute approximate surface area is 113 Å². The van der Waals surface area contributed by atoms with Crippen LogP contribution in [0.3, 0.4) is 0 Å². The third-order valence-electron chi connectivity index (χ3n) is 3.10. The van der Waals surface area contributed by atoms with Crippen LogP contribution in [0.15, 0.2) is 0 Å². The lowest BCUT2D eigenvalue weighted by molar-refractivity contribution is -0.143. The number of hydrogen-bond donors (Lipinski definition) is 2. The second-order valence-electron chi connectivity index (χ2n) is 5.36. The Bertz CT molecular complexity index is 355. The normalized spacial score (nSPS) is 17.4. The maximum atomic E-state index is 11.8. The summed E-state index contributed by atoms with van der Waals surface area (Å²) in [5.41, 5.74) is 0. The lowest BCUT2D eigenvalue weighted by Crippen LogP contribution is -2.48. The van der Waals surface area contributed by atoms with E-state index < -0.39 is 17.9 Å². The molecule has 6 heteroatoms. The van der Waals surface area contributed by atoms with Crippen LogP contribution in [0.25, 0.3) is 0 Å². The molecule has 1 aliphatic heterocycles. The van der Waals surface area contributed by atoms with Crippen molar-refractivity contribution < 1.29 is 19.5 Å². The van der Waals surface area contributed by atoms with Gasteiger partial charge >= 0.3 is 5.97 Å². The van der Waals surface area contributed by atoms with E-state index in [1.807, 2.05) is 13.8 Å². The molecule has 0 aromatic rings. The van der Waals surface area contributed by atoms with Crippen LogP contribution in [0.2, 0.25) is 0 Å². The van der Waals surface area contributed by atoms with Gasteiger partial charge in [-0.2, -0.15) is 0 Å². The van der Waals surface area contributed by atoms with Gasteiger partial charge in [-0.3, -0.25) is 9.59 Å². The standard InChI is InChI=1S/C13H22N2O4/c1-9(2)7-10(13(18)19)14-11(16)8-15-6-4-3-5-12(15)17/h9-10H,3-8H2,1-2H3,(H,14,16)(H,18,19)/t10-/m0/s1. The fraction of sp³-hybridized carbons (Fsp3) is 0.769. The van der Waals surface area contributed by atoms with Crippen molar-refractivity contribution in [2.75, 3.05) is 13.1 Å². The average molecular weight is 270 g/mol. The Morgan fingerprint density at radius 2 is 2.05 bits per heavy atom. The molecule has 2 N–H and O–H groups in total. The lowest BCUT2D eigenvalue weighted by atomic mass is 10.0. The first kappa shape index (κ1) is 15.5. The lowest BCUT2D eigenvalue weighted by Gasteiger charge is -2.26. The number of aliphatic carboxylic acids is 1. The molecule has 0 aliphatic carbocycles. The van der Waals surface area contributed by atoms with Crippen LogP contribution in [0.5, 0.6) is 0 Å². The van der Waals surface area contributed by atoms with Crippen LogP contribution in [0, 0.1) is 5.92 Å². The summed E-state index contributed by atoms with van der Waals surface area (Å²) < 4.78 is 0. The van der Waals surface area contributed by atoms with Gasteiger partial charge in [0.25, 0.3) is 0 Å². The van der Waals surface area contributed by atoms with E-state index in [0.717, 1.165) is 12.8 Å². The third-order valence-corrected chi connectivity index (χ3v) is 3.10. The molecule has 1 atom stereocenters. The van der Waals surface area contributed by atoms with E-state index in [1.54, 1.807) is 0 Å². The first-order chi connectivity index (χ1) is 8.90. The van der Waals surface area contributed by atoms with Crippen LogP contribution in [0.4, 0.5) is 0 Å². The van der Waals surface area contributed by atoms with Gasteiger partial charge in [-0.15, -0.1) is 0 Å². The summed E-state index contributed by atoms with van der Waals surface area (Å²) in [6.45, 7) is 4.33. The zero-order valence-corrected chi connectivity index (χ0v) is 11.5. The highest BCUT2D eigenvalue weighted by atomic mass is 16.4. The number of carbonyl (C=O) groups excluding carboxylic acids is 2. The SMILES string of the molecule is CC(C)C[C@H](NC(=O)CN1CCCCC1=O)C(=O)O. The molecule has 1 rings (SSSR count). The van der Waals surface area contributed by atoms with Gasteiger partial charge in [0, 0.05) is 13.0 Å². The van der Waals surface area contributed by atoms with Crippen molar-refractivity contribution >= 4 is 17.8 Å². The quantitative estimate of drug-likeness (QED) is 0.740. The number of piperidine rings is 1. The first-order valence-corrected chi connectivity index (χ1v) is 6.70. The van der Waals surface area contributed by atoms with Gasteiger partial charge in [0.2, 0.25) is 11.8 Å². The van der Waals surface area contributed by atoms with E-state index in [-0.39, 0.29) is 18.4 Å². The van der Waals surface area contributed by atoms with E-state index in [4.69, 9.17) is 5.11 Å². The van der Waals surface area contributed by atoms with Gasteiger partial charge < -0.3 is 15.3 Å². The van der Waals surface area contributed by atoms with Crippen LogP contribution in [-0.2, 0) is 14.4 Å². The minimum atomic E-state index is -1.04. The molecule has 108 valence electrons. The van der Waals surface area contributed by atoms with Crippen molar-refractivity contribution in [3.05, 3.63) is 0 Å². The third kappa shape index (κ3) is 5.28. The number of carboxylic acids is 1. The summed E-state index contributed by atoms with van der Waals surface area (Å²) in [4.78, 5) is 35.9. The number of amides is 2. The predicted octanol–water partition coefficient (Wildman–Crippen LogP) is 0.614. The van der Waals surface area contributed by atoms with Crippen molar-refractivity contribution in [1.82, 2.24) is 10.2 Å². The van der Waals surface area contributed by atoms with E-state index in [9.17, 15) is 14.4 Å². The fourth-order valence-corrected chi connectivity index (χ4v) is 2.14. The number of nitrogens with zero attached hydrogens (tertiary/aromatic N) is 1. The molecule has 1 heterocycles. The number of rotatable bonds is 6. The molecule has 6 nitrogen and oxygen atoms in total. The second kappa shape index (κ2) is 7.11. The van der Waals surface area contributed by atoms with Gasteiger partial charge in [0.15, 0.2) is 0 Å². The second-order valence-corrected chi connectivity index (χ2v) is 5.36. The number of likely N-dealkylation sites (tertiary alicyclic amines) is 1. The van der Waals surface area contributed by atoms with Crippen molar-refractivity contribution in [1.29, 1.82) is 0 Å². The molecule has 0 aromatic carbocycles. The highest BCUT2D eigenvalue weighted by Crippen LogP contribution is 2.10. The minimum absolute atomic E-state index is 0.0304. The van der Waals surface area contributed by atoms with Gasteiger partial charge in [-0.1, -0.05) is 13.8 Å². The maximum Gasteiger partial charge on any atom is 0.326 e. The maximum absolute atomic E-state index is 11.8. The zero-order valence-electron chi connectivity index (χ0n) is 11.5. The summed E-state index contributed by atoms with van der Waals surface area (Å²) in [6, 6.07) is -0.882. The van der Waals surface area contributed by atoms with E-state index in [1.165, 1.54) is 4.90 Å². The van der Waals surface area contributed by atoms with Crippen LogP contribution < -0.4 is 5.32 Å². The van der Waals surface area contributed by atoms with Gasteiger partial charge in [0.1, 0.15) is 6.04 Å². The Morgan fingerprint density at radius 1 is 1.37 bits per heavy atom. The zero-order chi connectivity index (χ0) is 14.4. The Kier molecular flexibility index (Phi) is 5.79. The predicted molar refractivity (Wildman–Crippen MR) is 69.5 cm³/mol. The van der Waals surface area contributed by atoms with Crippen molar-refractivity contribution in [2.24, 2.45) is 5.92 Å². The van der Waals surface area contributed by atoms with Crippen molar-refractivity contribution in [3.63, 3.8) is 0 Å². The molecule has 0 bridgehead atoms. The van der Waals surface area contributed by atoms with Gasteiger partial charge in [-0.05, 0) is 25.2 Å². The van der Waals surface area contributed by atoms with Crippen LogP contribution in [0.1, 0.15) is 39.5 Å². The number of nitrogens with one attached hydrogen (secondary N) is 1. The van der Waals surface area contributed by atoms with Crippen molar-refractivity contribution in [3.8, 4) is 0 Å². The van der Waals surface area contributed by atoms with E-state index in [0.29, 0.717) is 19.4 Å². The highest BCUT2D eigenvalue weighted by Gasteiger charge is 2.24. The molecule has 1 saturated heterocycles. The van der Waals surface area contributed by atoms with Crippen LogP contribution in [-0.4, -0.2) is 46.9 Å². The summed E-state index contributed by atoms with van der Waals surface area (Å²) in [5.74, 6) is -1.29. The molecule has 0 saturated carbocycles. The number of carbonyl (C=O) groups is 3.